The van der Waals surface area contributed by atoms with Crippen LogP contribution in [0.1, 0.15) is 42.6 Å². The first-order valence-electron chi connectivity index (χ1n) is 9.54. The molecule has 1 N–H and O–H groups in total. The van der Waals surface area contributed by atoms with E-state index in [1.54, 1.807) is 11.1 Å². The normalized spacial score (nSPS) is 14.9. The van der Waals surface area contributed by atoms with Crippen LogP contribution in [-0.4, -0.2) is 40.6 Å². The monoisotopic (exact) mass is 444 g/mol. The van der Waals surface area contributed by atoms with E-state index in [0.717, 1.165) is 52.8 Å². The summed E-state index contributed by atoms with van der Waals surface area (Å²) in [6, 6.07) is 10.1. The van der Waals surface area contributed by atoms with Crippen molar-refractivity contribution in [3.63, 3.8) is 0 Å². The van der Waals surface area contributed by atoms with Crippen LogP contribution in [0.3, 0.4) is 0 Å². The van der Waals surface area contributed by atoms with Crippen molar-refractivity contribution in [2.45, 2.75) is 39.5 Å². The summed E-state index contributed by atoms with van der Waals surface area (Å²) in [5.41, 5.74) is 6.38. The lowest BCUT2D eigenvalue weighted by Gasteiger charge is -2.18. The maximum Gasteiger partial charge on any atom is 0.329 e. The van der Waals surface area contributed by atoms with E-state index in [1.807, 2.05) is 44.2 Å². The molecule has 0 unspecified atom stereocenters. The van der Waals surface area contributed by atoms with Crippen molar-refractivity contribution < 1.29 is 9.59 Å². The topological polar surface area (TPSA) is 66.7 Å². The summed E-state index contributed by atoms with van der Waals surface area (Å²) < 4.78 is 3.13. The molecule has 1 aromatic carbocycles. The summed E-state index contributed by atoms with van der Waals surface area (Å²) in [6.45, 7) is 5.31. The van der Waals surface area contributed by atoms with Crippen LogP contribution in [-0.2, 0) is 9.59 Å². The number of aromatic nitrogens is 1. The first kappa shape index (κ1) is 20.3. The van der Waals surface area contributed by atoms with Crippen molar-refractivity contribution in [2.24, 2.45) is 5.10 Å². The van der Waals surface area contributed by atoms with E-state index in [-0.39, 0.29) is 0 Å². The van der Waals surface area contributed by atoms with Gasteiger partial charge in [-0.15, -0.1) is 0 Å². The lowest BCUT2D eigenvalue weighted by Crippen LogP contribution is -2.41. The molecule has 0 radical (unpaired) electrons. The minimum atomic E-state index is -0.682. The van der Waals surface area contributed by atoms with Gasteiger partial charge in [0.1, 0.15) is 0 Å². The van der Waals surface area contributed by atoms with Gasteiger partial charge in [-0.2, -0.15) is 5.10 Å². The second-order valence-electron chi connectivity index (χ2n) is 7.05. The van der Waals surface area contributed by atoms with E-state index in [0.29, 0.717) is 13.1 Å². The number of aryl methyl sites for hydroxylation is 1. The Labute approximate surface area is 173 Å². The Hall–Kier alpha value is -2.41. The zero-order chi connectivity index (χ0) is 20.1. The predicted molar refractivity (Wildman–Crippen MR) is 114 cm³/mol. The molecule has 2 heterocycles. The van der Waals surface area contributed by atoms with E-state index in [2.05, 4.69) is 31.0 Å². The molecule has 2 amide bonds. The molecule has 0 spiro atoms. The molecule has 1 aromatic heterocycles. The Morgan fingerprint density at radius 3 is 2.50 bits per heavy atom. The number of amides is 2. The first-order valence-corrected chi connectivity index (χ1v) is 10.3. The molecule has 1 fully saturated rings. The number of nitrogens with one attached hydrogen (secondary N) is 1. The van der Waals surface area contributed by atoms with Gasteiger partial charge in [0, 0.05) is 40.2 Å². The summed E-state index contributed by atoms with van der Waals surface area (Å²) >= 11 is 3.50. The van der Waals surface area contributed by atoms with Crippen molar-refractivity contribution in [3.8, 4) is 5.69 Å². The lowest BCUT2D eigenvalue weighted by molar-refractivity contribution is -0.145. The van der Waals surface area contributed by atoms with Crippen LogP contribution in [0.25, 0.3) is 5.69 Å². The van der Waals surface area contributed by atoms with E-state index in [9.17, 15) is 9.59 Å². The number of carbonyl (C=O) groups is 2. The second-order valence-corrected chi connectivity index (χ2v) is 7.96. The third-order valence-corrected chi connectivity index (χ3v) is 5.49. The molecule has 0 saturated carbocycles. The highest BCUT2D eigenvalue weighted by Crippen LogP contribution is 2.22. The fourth-order valence-corrected chi connectivity index (χ4v) is 3.94. The van der Waals surface area contributed by atoms with Crippen LogP contribution in [0.4, 0.5) is 0 Å². The number of hydrogen-bond acceptors (Lipinski definition) is 3. The number of carbonyl (C=O) groups excluding carboxylic acids is 2. The summed E-state index contributed by atoms with van der Waals surface area (Å²) in [5, 5.41) is 4.01. The fraction of sp³-hybridized carbons (Fsp3) is 0.381. The molecule has 3 rings (SSSR count). The summed E-state index contributed by atoms with van der Waals surface area (Å²) in [6.07, 6.45) is 5.70. The van der Waals surface area contributed by atoms with Crippen LogP contribution < -0.4 is 5.43 Å². The molecule has 0 atom stereocenters. The summed E-state index contributed by atoms with van der Waals surface area (Å²) in [7, 11) is 0. The van der Waals surface area contributed by atoms with Crippen LogP contribution in [0.2, 0.25) is 0 Å². The predicted octanol–water partition coefficient (Wildman–Crippen LogP) is 3.71. The molecule has 1 aliphatic rings. The van der Waals surface area contributed by atoms with Crippen LogP contribution in [0.5, 0.6) is 0 Å². The van der Waals surface area contributed by atoms with Crippen LogP contribution in [0.15, 0.2) is 39.9 Å². The molecule has 1 saturated heterocycles. The molecule has 6 nitrogen and oxygen atoms in total. The van der Waals surface area contributed by atoms with Crippen molar-refractivity contribution in [1.29, 1.82) is 0 Å². The van der Waals surface area contributed by atoms with Gasteiger partial charge in [0.05, 0.1) is 6.21 Å². The minimum absolute atomic E-state index is 0.501. The Balaban J connectivity index is 1.68. The summed E-state index contributed by atoms with van der Waals surface area (Å²) in [5.74, 6) is -1.18. The minimum Gasteiger partial charge on any atom is -0.334 e. The highest BCUT2D eigenvalue weighted by Gasteiger charge is 2.22. The van der Waals surface area contributed by atoms with Crippen molar-refractivity contribution in [2.75, 3.05) is 13.1 Å². The van der Waals surface area contributed by atoms with E-state index >= 15 is 0 Å². The average Bonchev–Trinajstić information content (AvgIpc) is 2.84. The molecule has 2 aromatic rings. The molecular weight excluding hydrogens is 420 g/mol. The third-order valence-electron chi connectivity index (χ3n) is 4.99. The van der Waals surface area contributed by atoms with E-state index in [4.69, 9.17) is 0 Å². The number of halogens is 1. The molecule has 0 aliphatic carbocycles. The van der Waals surface area contributed by atoms with Gasteiger partial charge in [-0.3, -0.25) is 9.59 Å². The second kappa shape index (κ2) is 9.19. The zero-order valence-electron chi connectivity index (χ0n) is 16.2. The van der Waals surface area contributed by atoms with Gasteiger partial charge in [-0.25, -0.2) is 5.43 Å². The third kappa shape index (κ3) is 4.70. The Morgan fingerprint density at radius 2 is 1.82 bits per heavy atom. The molecule has 7 heteroatoms. The largest absolute Gasteiger partial charge is 0.334 e. The zero-order valence-corrected chi connectivity index (χ0v) is 17.8. The standard InChI is InChI=1S/C21H25BrN4O2/c1-15-12-17(16(2)26(15)19-9-7-8-18(22)13-19)14-23-24-20(27)21(28)25-10-5-3-4-6-11-25/h7-9,12-14H,3-6,10-11H2,1-2H3,(H,24,27)/b23-14-. The molecule has 1 aliphatic heterocycles. The van der Waals surface area contributed by atoms with Crippen molar-refractivity contribution in [1.82, 2.24) is 14.9 Å². The van der Waals surface area contributed by atoms with Gasteiger partial charge in [-0.1, -0.05) is 34.8 Å². The average molecular weight is 445 g/mol. The molecule has 148 valence electrons. The van der Waals surface area contributed by atoms with Crippen molar-refractivity contribution in [3.05, 3.63) is 51.8 Å². The number of hydrogen-bond donors (Lipinski definition) is 1. The molecule has 0 bridgehead atoms. The maximum absolute atomic E-state index is 12.3. The quantitative estimate of drug-likeness (QED) is 0.445. The van der Waals surface area contributed by atoms with Gasteiger partial charge in [0.2, 0.25) is 0 Å². The fourth-order valence-electron chi connectivity index (χ4n) is 3.56. The maximum atomic E-state index is 12.3. The Bertz CT molecular complexity index is 896. The van der Waals surface area contributed by atoms with Gasteiger partial charge >= 0.3 is 11.8 Å². The summed E-state index contributed by atoms with van der Waals surface area (Å²) in [4.78, 5) is 26.0. The number of benzene rings is 1. The number of likely N-dealkylation sites (tertiary alicyclic amines) is 1. The highest BCUT2D eigenvalue weighted by molar-refractivity contribution is 9.10. The number of nitrogens with zero attached hydrogens (tertiary/aromatic N) is 3. The van der Waals surface area contributed by atoms with Crippen LogP contribution in [0, 0.1) is 13.8 Å². The van der Waals surface area contributed by atoms with Gasteiger partial charge in [-0.05, 0) is 51.0 Å². The smallest absolute Gasteiger partial charge is 0.329 e. The lowest BCUT2D eigenvalue weighted by atomic mass is 10.2. The highest BCUT2D eigenvalue weighted by atomic mass is 79.9. The van der Waals surface area contributed by atoms with Gasteiger partial charge in [0.15, 0.2) is 0 Å². The number of hydrazone groups is 1. The SMILES string of the molecule is Cc1cc(/C=N\NC(=O)C(=O)N2CCCCCC2)c(C)n1-c1cccc(Br)c1. The Kier molecular flexibility index (Phi) is 6.67. The Morgan fingerprint density at radius 1 is 1.11 bits per heavy atom. The molecule has 28 heavy (non-hydrogen) atoms. The van der Waals surface area contributed by atoms with E-state index < -0.39 is 11.8 Å². The first-order chi connectivity index (χ1) is 13.5. The van der Waals surface area contributed by atoms with Crippen LogP contribution >= 0.6 is 15.9 Å². The molecular formula is C21H25BrN4O2. The van der Waals surface area contributed by atoms with E-state index in [1.165, 1.54) is 0 Å². The van der Waals surface area contributed by atoms with Gasteiger partial charge in [0.25, 0.3) is 0 Å². The van der Waals surface area contributed by atoms with Gasteiger partial charge < -0.3 is 9.47 Å². The van der Waals surface area contributed by atoms with Crippen molar-refractivity contribution >= 4 is 34.0 Å². The number of rotatable bonds is 3.